The number of aromatic nitrogens is 2. The van der Waals surface area contributed by atoms with Gasteiger partial charge in [-0.3, -0.25) is 9.20 Å². The number of carbonyl (C=O) groups is 1. The molecule has 0 saturated heterocycles. The van der Waals surface area contributed by atoms with E-state index in [2.05, 4.69) is 10.3 Å². The van der Waals surface area contributed by atoms with Gasteiger partial charge < -0.3 is 10.4 Å². The molecule has 0 aliphatic rings. The van der Waals surface area contributed by atoms with E-state index in [0.29, 0.717) is 17.0 Å². The molecule has 0 fully saturated rings. The van der Waals surface area contributed by atoms with Gasteiger partial charge in [0.15, 0.2) is 0 Å². The molecule has 5 nitrogen and oxygen atoms in total. The topological polar surface area (TPSA) is 66.6 Å². The Morgan fingerprint density at radius 1 is 1.60 bits per heavy atom. The van der Waals surface area contributed by atoms with Crippen molar-refractivity contribution in [1.29, 1.82) is 0 Å². The lowest BCUT2D eigenvalue weighted by Gasteiger charge is -2.00. The molecular formula is C10H11N3O2. The second kappa shape index (κ2) is 3.27. The summed E-state index contributed by atoms with van der Waals surface area (Å²) in [6, 6.07) is 3.03. The van der Waals surface area contributed by atoms with E-state index in [0.717, 1.165) is 0 Å². The molecule has 0 atom stereocenters. The molecule has 2 N–H and O–H groups in total. The van der Waals surface area contributed by atoms with Gasteiger partial charge in [-0.25, -0.2) is 4.98 Å². The minimum atomic E-state index is -0.189. The molecule has 0 spiro atoms. The summed E-state index contributed by atoms with van der Waals surface area (Å²) in [5.74, 6) is -0.0540. The zero-order valence-electron chi connectivity index (χ0n) is 8.48. The van der Waals surface area contributed by atoms with Crippen LogP contribution in [-0.4, -0.2) is 27.4 Å². The number of aromatic hydroxyl groups is 1. The van der Waals surface area contributed by atoms with Crippen molar-refractivity contribution in [1.82, 2.24) is 14.7 Å². The van der Waals surface area contributed by atoms with Crippen molar-refractivity contribution in [3.8, 4) is 5.75 Å². The maximum absolute atomic E-state index is 11.6. The minimum Gasteiger partial charge on any atom is -0.508 e. The number of imidazole rings is 1. The van der Waals surface area contributed by atoms with Crippen LogP contribution in [0.5, 0.6) is 5.75 Å². The molecule has 2 aromatic heterocycles. The van der Waals surface area contributed by atoms with Crippen LogP contribution in [0.3, 0.4) is 0 Å². The Balaban J connectivity index is 2.73. The zero-order chi connectivity index (χ0) is 11.0. The van der Waals surface area contributed by atoms with Crippen molar-refractivity contribution in [3.05, 3.63) is 29.7 Å². The first-order valence-corrected chi connectivity index (χ1v) is 4.53. The lowest BCUT2D eigenvalue weighted by atomic mass is 10.3. The molecule has 0 aliphatic heterocycles. The Hall–Kier alpha value is -2.04. The maximum Gasteiger partial charge on any atom is 0.269 e. The number of hydrogen-bond acceptors (Lipinski definition) is 3. The highest BCUT2D eigenvalue weighted by Crippen LogP contribution is 2.16. The second-order valence-electron chi connectivity index (χ2n) is 3.24. The third kappa shape index (κ3) is 1.41. The van der Waals surface area contributed by atoms with Gasteiger partial charge >= 0.3 is 0 Å². The van der Waals surface area contributed by atoms with Crippen molar-refractivity contribution >= 4 is 11.6 Å². The van der Waals surface area contributed by atoms with Crippen LogP contribution < -0.4 is 5.32 Å². The van der Waals surface area contributed by atoms with Gasteiger partial charge in [0.25, 0.3) is 5.91 Å². The number of fused-ring (bicyclic) bond motifs is 1. The first kappa shape index (κ1) is 9.51. The predicted octanol–water partition coefficient (Wildman–Crippen LogP) is 0.708. The summed E-state index contributed by atoms with van der Waals surface area (Å²) in [4.78, 5) is 15.7. The van der Waals surface area contributed by atoms with Crippen LogP contribution >= 0.6 is 0 Å². The summed E-state index contributed by atoms with van der Waals surface area (Å²) in [6.07, 6.45) is 1.62. The Kier molecular flexibility index (Phi) is 2.07. The summed E-state index contributed by atoms with van der Waals surface area (Å²) >= 11 is 0. The van der Waals surface area contributed by atoms with Gasteiger partial charge in [-0.1, -0.05) is 0 Å². The van der Waals surface area contributed by atoms with Gasteiger partial charge in [0.05, 0.1) is 5.69 Å². The van der Waals surface area contributed by atoms with E-state index in [1.807, 2.05) is 0 Å². The SMILES string of the molecule is CNC(=O)c1c(C)nc2cc(O)ccn12. The van der Waals surface area contributed by atoms with Crippen LogP contribution in [0.2, 0.25) is 0 Å². The molecule has 0 aromatic carbocycles. The molecule has 2 heterocycles. The van der Waals surface area contributed by atoms with E-state index in [9.17, 15) is 9.90 Å². The standard InChI is InChI=1S/C10H11N3O2/c1-6-9(10(15)11-2)13-4-3-7(14)5-8(13)12-6/h3-5,14H,1-2H3,(H,11,15). The number of pyridine rings is 1. The van der Waals surface area contributed by atoms with Crippen molar-refractivity contribution < 1.29 is 9.90 Å². The third-order valence-electron chi connectivity index (χ3n) is 2.23. The van der Waals surface area contributed by atoms with Crippen LogP contribution in [-0.2, 0) is 0 Å². The van der Waals surface area contributed by atoms with Crippen LogP contribution in [0.15, 0.2) is 18.3 Å². The van der Waals surface area contributed by atoms with Crippen molar-refractivity contribution in [2.45, 2.75) is 6.92 Å². The molecule has 2 aromatic rings. The van der Waals surface area contributed by atoms with Gasteiger partial charge in [-0.2, -0.15) is 0 Å². The average Bonchev–Trinajstić information content (AvgIpc) is 2.52. The normalized spacial score (nSPS) is 10.5. The molecule has 78 valence electrons. The highest BCUT2D eigenvalue weighted by Gasteiger charge is 2.14. The highest BCUT2D eigenvalue weighted by molar-refractivity contribution is 5.94. The van der Waals surface area contributed by atoms with E-state index in [4.69, 9.17) is 0 Å². The summed E-state index contributed by atoms with van der Waals surface area (Å²) in [5, 5.41) is 11.8. The Morgan fingerprint density at radius 3 is 3.00 bits per heavy atom. The number of carbonyl (C=O) groups excluding carboxylic acids is 1. The van der Waals surface area contributed by atoms with Gasteiger partial charge in [0.1, 0.15) is 17.1 Å². The molecule has 0 unspecified atom stereocenters. The maximum atomic E-state index is 11.6. The lowest BCUT2D eigenvalue weighted by molar-refractivity contribution is 0.0956. The third-order valence-corrected chi connectivity index (χ3v) is 2.23. The number of rotatable bonds is 1. The molecule has 1 amide bonds. The smallest absolute Gasteiger partial charge is 0.269 e. The summed E-state index contributed by atoms with van der Waals surface area (Å²) in [7, 11) is 1.57. The molecule has 0 aliphatic carbocycles. The summed E-state index contributed by atoms with van der Waals surface area (Å²) in [6.45, 7) is 1.76. The van der Waals surface area contributed by atoms with E-state index >= 15 is 0 Å². The Labute approximate surface area is 86.4 Å². The molecule has 15 heavy (non-hydrogen) atoms. The fourth-order valence-electron chi connectivity index (χ4n) is 1.54. The largest absolute Gasteiger partial charge is 0.508 e. The Morgan fingerprint density at radius 2 is 2.33 bits per heavy atom. The molecule has 0 radical (unpaired) electrons. The van der Waals surface area contributed by atoms with Crippen LogP contribution in [0.1, 0.15) is 16.2 Å². The fraction of sp³-hybridized carbons (Fsp3) is 0.200. The number of hydrogen-bond donors (Lipinski definition) is 2. The Bertz CT molecular complexity index is 531. The van der Waals surface area contributed by atoms with E-state index < -0.39 is 0 Å². The minimum absolute atomic E-state index is 0.135. The second-order valence-corrected chi connectivity index (χ2v) is 3.24. The predicted molar refractivity (Wildman–Crippen MR) is 55.0 cm³/mol. The lowest BCUT2D eigenvalue weighted by Crippen LogP contribution is -2.20. The average molecular weight is 205 g/mol. The zero-order valence-corrected chi connectivity index (χ0v) is 8.48. The molecule has 2 rings (SSSR count). The van der Waals surface area contributed by atoms with Crippen molar-refractivity contribution in [2.75, 3.05) is 7.05 Å². The van der Waals surface area contributed by atoms with Gasteiger partial charge in [-0.15, -0.1) is 0 Å². The number of nitrogens with one attached hydrogen (secondary N) is 1. The summed E-state index contributed by atoms with van der Waals surface area (Å²) < 4.78 is 1.65. The van der Waals surface area contributed by atoms with Crippen LogP contribution in [0.4, 0.5) is 0 Å². The van der Waals surface area contributed by atoms with Gasteiger partial charge in [-0.05, 0) is 13.0 Å². The fourth-order valence-corrected chi connectivity index (χ4v) is 1.54. The quantitative estimate of drug-likeness (QED) is 0.720. The van der Waals surface area contributed by atoms with Crippen LogP contribution in [0, 0.1) is 6.92 Å². The first-order chi connectivity index (χ1) is 7.13. The van der Waals surface area contributed by atoms with Crippen molar-refractivity contribution in [3.63, 3.8) is 0 Å². The number of aryl methyl sites for hydroxylation is 1. The van der Waals surface area contributed by atoms with E-state index in [-0.39, 0.29) is 11.7 Å². The van der Waals surface area contributed by atoms with E-state index in [1.165, 1.54) is 12.1 Å². The molecule has 0 bridgehead atoms. The number of amides is 1. The van der Waals surface area contributed by atoms with Gasteiger partial charge in [0.2, 0.25) is 0 Å². The van der Waals surface area contributed by atoms with Crippen LogP contribution in [0.25, 0.3) is 5.65 Å². The molecule has 5 heteroatoms. The van der Waals surface area contributed by atoms with E-state index in [1.54, 1.807) is 24.6 Å². The number of nitrogens with zero attached hydrogens (tertiary/aromatic N) is 2. The molecule has 0 saturated carbocycles. The van der Waals surface area contributed by atoms with Gasteiger partial charge in [0, 0.05) is 19.3 Å². The van der Waals surface area contributed by atoms with Crippen molar-refractivity contribution in [2.24, 2.45) is 0 Å². The first-order valence-electron chi connectivity index (χ1n) is 4.53. The highest BCUT2D eigenvalue weighted by atomic mass is 16.3. The summed E-state index contributed by atoms with van der Waals surface area (Å²) in [5.41, 5.74) is 1.69. The monoisotopic (exact) mass is 205 g/mol. The molecular weight excluding hydrogens is 194 g/mol.